The largest absolute Gasteiger partial charge is 0.467 e. The van der Waals surface area contributed by atoms with Crippen molar-refractivity contribution in [2.24, 2.45) is 10.7 Å². The maximum atomic E-state index is 11.2. The predicted molar refractivity (Wildman–Crippen MR) is 45.4 cm³/mol. The number of aliphatic imine (C=N–C) groups is 1. The standard InChI is InChI=1S/C7H11N3O3/c1-12-7(11)5-6(8)9-3-4-10(5)13-2/h3-5H,1-2H3,(H2,8,9). The molecule has 1 heterocycles. The monoisotopic (exact) mass is 185 g/mol. The molecular weight excluding hydrogens is 174 g/mol. The van der Waals surface area contributed by atoms with Crippen LogP contribution in [0.2, 0.25) is 0 Å². The van der Waals surface area contributed by atoms with Gasteiger partial charge in [0, 0.05) is 12.4 Å². The highest BCUT2D eigenvalue weighted by Gasteiger charge is 2.30. The predicted octanol–water partition coefficient (Wildman–Crippen LogP) is -0.767. The van der Waals surface area contributed by atoms with Gasteiger partial charge in [-0.15, -0.1) is 0 Å². The molecule has 0 aliphatic carbocycles. The highest BCUT2D eigenvalue weighted by Crippen LogP contribution is 2.08. The summed E-state index contributed by atoms with van der Waals surface area (Å²) in [6.45, 7) is 0. The molecule has 13 heavy (non-hydrogen) atoms. The average molecular weight is 185 g/mol. The van der Waals surface area contributed by atoms with E-state index in [4.69, 9.17) is 10.6 Å². The maximum Gasteiger partial charge on any atom is 0.339 e. The van der Waals surface area contributed by atoms with Crippen molar-refractivity contribution in [3.63, 3.8) is 0 Å². The van der Waals surface area contributed by atoms with E-state index in [9.17, 15) is 4.79 Å². The molecule has 2 N–H and O–H groups in total. The Hall–Kier alpha value is -1.56. The average Bonchev–Trinajstić information content (AvgIpc) is 2.16. The van der Waals surface area contributed by atoms with Gasteiger partial charge in [-0.3, -0.25) is 4.84 Å². The maximum absolute atomic E-state index is 11.2. The van der Waals surface area contributed by atoms with Crippen LogP contribution in [-0.2, 0) is 14.4 Å². The molecule has 1 aliphatic heterocycles. The van der Waals surface area contributed by atoms with Crippen molar-refractivity contribution in [2.75, 3.05) is 14.2 Å². The van der Waals surface area contributed by atoms with E-state index in [1.807, 2.05) is 0 Å². The van der Waals surface area contributed by atoms with Gasteiger partial charge >= 0.3 is 5.97 Å². The zero-order chi connectivity index (χ0) is 9.84. The first kappa shape index (κ1) is 9.53. The molecule has 6 heteroatoms. The molecule has 0 amide bonds. The summed E-state index contributed by atoms with van der Waals surface area (Å²) in [5, 5.41) is 1.27. The Labute approximate surface area is 75.6 Å². The molecule has 1 aliphatic rings. The Balaban J connectivity index is 2.84. The van der Waals surface area contributed by atoms with E-state index < -0.39 is 12.0 Å². The summed E-state index contributed by atoms with van der Waals surface area (Å²) in [6.07, 6.45) is 2.94. The molecule has 1 unspecified atom stereocenters. The van der Waals surface area contributed by atoms with E-state index in [0.717, 1.165) is 0 Å². The first-order valence-corrected chi connectivity index (χ1v) is 3.60. The molecule has 6 nitrogen and oxygen atoms in total. The van der Waals surface area contributed by atoms with Crippen molar-refractivity contribution >= 4 is 11.8 Å². The third-order valence-corrected chi connectivity index (χ3v) is 1.61. The van der Waals surface area contributed by atoms with E-state index >= 15 is 0 Å². The Morgan fingerprint density at radius 3 is 2.92 bits per heavy atom. The van der Waals surface area contributed by atoms with Gasteiger partial charge in [0.15, 0.2) is 0 Å². The molecule has 0 aromatic carbocycles. The molecule has 0 saturated carbocycles. The van der Waals surface area contributed by atoms with Gasteiger partial charge in [-0.1, -0.05) is 0 Å². The molecule has 0 radical (unpaired) electrons. The quantitative estimate of drug-likeness (QED) is 0.572. The molecule has 0 saturated heterocycles. The van der Waals surface area contributed by atoms with E-state index in [2.05, 4.69) is 9.73 Å². The normalized spacial score (nSPS) is 21.2. The minimum absolute atomic E-state index is 0.149. The van der Waals surface area contributed by atoms with Crippen LogP contribution in [0.1, 0.15) is 0 Å². The van der Waals surface area contributed by atoms with Crippen LogP contribution < -0.4 is 5.73 Å². The molecule has 0 fully saturated rings. The van der Waals surface area contributed by atoms with Crippen LogP contribution >= 0.6 is 0 Å². The summed E-state index contributed by atoms with van der Waals surface area (Å²) in [5.74, 6) is -0.358. The zero-order valence-electron chi connectivity index (χ0n) is 7.43. The number of nitrogens with zero attached hydrogens (tertiary/aromatic N) is 2. The Kier molecular flexibility index (Phi) is 2.86. The lowest BCUT2D eigenvalue weighted by atomic mass is 10.2. The third-order valence-electron chi connectivity index (χ3n) is 1.61. The van der Waals surface area contributed by atoms with Gasteiger partial charge < -0.3 is 10.5 Å². The summed E-state index contributed by atoms with van der Waals surface area (Å²) in [5.41, 5.74) is 5.50. The van der Waals surface area contributed by atoms with Crippen LogP contribution in [0.25, 0.3) is 0 Å². The Bertz CT molecular complexity index is 262. The highest BCUT2D eigenvalue weighted by atomic mass is 16.7. The van der Waals surface area contributed by atoms with Crippen LogP contribution in [0.5, 0.6) is 0 Å². The van der Waals surface area contributed by atoms with E-state index in [-0.39, 0.29) is 5.84 Å². The fourth-order valence-corrected chi connectivity index (χ4v) is 0.975. The number of hydrogen-bond donors (Lipinski definition) is 1. The van der Waals surface area contributed by atoms with Crippen LogP contribution in [0.3, 0.4) is 0 Å². The van der Waals surface area contributed by atoms with Crippen molar-refractivity contribution in [1.82, 2.24) is 5.06 Å². The summed E-state index contributed by atoms with van der Waals surface area (Å²) >= 11 is 0. The van der Waals surface area contributed by atoms with Crippen molar-refractivity contribution < 1.29 is 14.4 Å². The fraction of sp³-hybridized carbons (Fsp3) is 0.429. The van der Waals surface area contributed by atoms with Gasteiger partial charge in [-0.25, -0.2) is 14.9 Å². The van der Waals surface area contributed by atoms with Crippen molar-refractivity contribution in [1.29, 1.82) is 0 Å². The lowest BCUT2D eigenvalue weighted by Gasteiger charge is -2.27. The SMILES string of the molecule is COC(=O)C1C(N)=NC=CN1OC. The topological polar surface area (TPSA) is 77.2 Å². The number of nitrogens with two attached hydrogens (primary N) is 1. The van der Waals surface area contributed by atoms with Gasteiger partial charge in [0.25, 0.3) is 0 Å². The molecular formula is C7H11N3O3. The second-order valence-electron chi connectivity index (χ2n) is 2.32. The molecule has 0 aromatic heterocycles. The van der Waals surface area contributed by atoms with Crippen molar-refractivity contribution in [3.05, 3.63) is 12.4 Å². The second kappa shape index (κ2) is 3.90. The van der Waals surface area contributed by atoms with E-state index in [1.54, 1.807) is 0 Å². The number of rotatable bonds is 2. The number of hydrogen-bond acceptors (Lipinski definition) is 6. The van der Waals surface area contributed by atoms with Crippen LogP contribution in [0.15, 0.2) is 17.4 Å². The molecule has 0 spiro atoms. The Morgan fingerprint density at radius 2 is 2.38 bits per heavy atom. The third kappa shape index (κ3) is 1.78. The summed E-state index contributed by atoms with van der Waals surface area (Å²) in [7, 11) is 2.71. The van der Waals surface area contributed by atoms with Gasteiger partial charge in [0.1, 0.15) is 5.84 Å². The lowest BCUT2D eigenvalue weighted by molar-refractivity contribution is -0.161. The molecule has 1 rings (SSSR count). The first-order valence-electron chi connectivity index (χ1n) is 3.60. The summed E-state index contributed by atoms with van der Waals surface area (Å²) < 4.78 is 4.54. The van der Waals surface area contributed by atoms with Gasteiger partial charge in [0.2, 0.25) is 6.04 Å². The van der Waals surface area contributed by atoms with Crippen molar-refractivity contribution in [2.45, 2.75) is 6.04 Å². The lowest BCUT2D eigenvalue weighted by Crippen LogP contribution is -2.48. The smallest absolute Gasteiger partial charge is 0.339 e. The van der Waals surface area contributed by atoms with E-state index in [0.29, 0.717) is 0 Å². The zero-order valence-corrected chi connectivity index (χ0v) is 7.43. The number of carbonyl (C=O) groups is 1. The van der Waals surface area contributed by atoms with Crippen LogP contribution in [0, 0.1) is 0 Å². The van der Waals surface area contributed by atoms with Crippen LogP contribution in [-0.4, -0.2) is 37.1 Å². The summed E-state index contributed by atoms with van der Waals surface area (Å²) in [4.78, 5) is 19.9. The van der Waals surface area contributed by atoms with Crippen molar-refractivity contribution in [3.8, 4) is 0 Å². The summed E-state index contributed by atoms with van der Waals surface area (Å²) in [6, 6.07) is -0.792. The first-order chi connectivity index (χ1) is 6.20. The Morgan fingerprint density at radius 1 is 1.69 bits per heavy atom. The molecule has 72 valence electrons. The van der Waals surface area contributed by atoms with Gasteiger partial charge in [-0.05, 0) is 0 Å². The number of amidine groups is 1. The molecule has 0 bridgehead atoms. The minimum atomic E-state index is -0.792. The highest BCUT2D eigenvalue weighted by molar-refractivity contribution is 6.04. The van der Waals surface area contributed by atoms with Crippen LogP contribution in [0.4, 0.5) is 0 Å². The molecule has 1 atom stereocenters. The number of carbonyl (C=O) groups excluding carboxylic acids is 1. The number of ether oxygens (including phenoxy) is 1. The minimum Gasteiger partial charge on any atom is -0.467 e. The van der Waals surface area contributed by atoms with Gasteiger partial charge in [-0.2, -0.15) is 0 Å². The number of esters is 1. The number of hydroxylamine groups is 2. The fourth-order valence-electron chi connectivity index (χ4n) is 0.975. The van der Waals surface area contributed by atoms with E-state index in [1.165, 1.54) is 31.7 Å². The number of methoxy groups -OCH3 is 1. The second-order valence-corrected chi connectivity index (χ2v) is 2.32. The molecule has 0 aromatic rings. The van der Waals surface area contributed by atoms with Gasteiger partial charge in [0.05, 0.1) is 14.2 Å².